The Morgan fingerprint density at radius 2 is 1.74 bits per heavy atom. The van der Waals surface area contributed by atoms with Gasteiger partial charge in [-0.05, 0) is 5.92 Å². The summed E-state index contributed by atoms with van der Waals surface area (Å²) in [5, 5.41) is 22.4. The van der Waals surface area contributed by atoms with E-state index in [1.165, 1.54) is 12.2 Å². The average Bonchev–Trinajstić information content (AvgIpc) is 2.74. The van der Waals surface area contributed by atoms with Crippen molar-refractivity contribution < 1.29 is 24.5 Å². The third kappa shape index (κ3) is 4.64. The molecule has 1 rings (SSSR count). The molecule has 1 aromatic heterocycles. The second-order valence-electron chi connectivity index (χ2n) is 5.32. The Balaban J connectivity index is 2.68. The molecule has 0 unspecified atom stereocenters. The van der Waals surface area contributed by atoms with Crippen LogP contribution in [0.3, 0.4) is 0 Å². The van der Waals surface area contributed by atoms with Crippen LogP contribution in [0, 0.1) is 5.92 Å². The molecular formula is C16H22N2O5. The van der Waals surface area contributed by atoms with Gasteiger partial charge in [0.25, 0.3) is 0 Å². The largest absolute Gasteiger partial charge is 0.494 e. The molecule has 0 fully saturated rings. The Morgan fingerprint density at radius 1 is 1.22 bits per heavy atom. The molecule has 0 saturated heterocycles. The van der Waals surface area contributed by atoms with Crippen LogP contribution < -0.4 is 5.32 Å². The van der Waals surface area contributed by atoms with Gasteiger partial charge in [0.15, 0.2) is 0 Å². The molecular weight excluding hydrogens is 300 g/mol. The minimum Gasteiger partial charge on any atom is -0.494 e. The molecule has 7 nitrogen and oxygen atoms in total. The van der Waals surface area contributed by atoms with Gasteiger partial charge in [-0.15, -0.1) is 0 Å². The third-order valence-electron chi connectivity index (χ3n) is 3.00. The van der Waals surface area contributed by atoms with Crippen LogP contribution in [0.4, 0.5) is 0 Å². The number of carbonyl (C=O) groups is 2. The minimum absolute atomic E-state index is 0.207. The van der Waals surface area contributed by atoms with Gasteiger partial charge in [-0.1, -0.05) is 39.2 Å². The van der Waals surface area contributed by atoms with Crippen molar-refractivity contribution in [3.63, 3.8) is 0 Å². The first-order chi connectivity index (χ1) is 10.8. The predicted octanol–water partition coefficient (Wildman–Crippen LogP) is 1.50. The van der Waals surface area contributed by atoms with Crippen molar-refractivity contribution in [2.45, 2.75) is 20.4 Å². The smallest absolute Gasteiger partial charge is 0.325 e. The second-order valence-corrected chi connectivity index (χ2v) is 5.32. The number of nitrogens with zero attached hydrogens (tertiary/aromatic N) is 1. The van der Waals surface area contributed by atoms with E-state index in [2.05, 4.69) is 18.5 Å². The average molecular weight is 322 g/mol. The van der Waals surface area contributed by atoms with Crippen LogP contribution >= 0.6 is 0 Å². The minimum atomic E-state index is -0.557. The Morgan fingerprint density at radius 3 is 2.17 bits per heavy atom. The first-order valence-corrected chi connectivity index (χ1v) is 7.13. The molecule has 7 heteroatoms. The van der Waals surface area contributed by atoms with E-state index in [9.17, 15) is 19.8 Å². The summed E-state index contributed by atoms with van der Waals surface area (Å²) < 4.78 is 5.93. The summed E-state index contributed by atoms with van der Waals surface area (Å²) in [6.45, 7) is 10.5. The molecule has 1 aromatic rings. The summed E-state index contributed by atoms with van der Waals surface area (Å²) in [6, 6.07) is 0. The SMILES string of the molecule is C=Cc1c(C=C)c(O)n(CC(=O)NCC(=O)OCC(C)C)c1O. The lowest BCUT2D eigenvalue weighted by Crippen LogP contribution is -2.33. The van der Waals surface area contributed by atoms with Crippen LogP contribution in [0.25, 0.3) is 12.2 Å². The lowest BCUT2D eigenvalue weighted by Gasteiger charge is -2.09. The van der Waals surface area contributed by atoms with Gasteiger partial charge in [0, 0.05) is 11.1 Å². The zero-order valence-corrected chi connectivity index (χ0v) is 13.3. The van der Waals surface area contributed by atoms with Gasteiger partial charge in [0.1, 0.15) is 13.1 Å². The molecule has 0 aliphatic rings. The molecule has 126 valence electrons. The topological polar surface area (TPSA) is 101 Å². The van der Waals surface area contributed by atoms with Crippen molar-refractivity contribution in [1.29, 1.82) is 0 Å². The molecule has 1 amide bonds. The lowest BCUT2D eigenvalue weighted by atomic mass is 10.2. The molecule has 23 heavy (non-hydrogen) atoms. The van der Waals surface area contributed by atoms with Crippen molar-refractivity contribution in [1.82, 2.24) is 9.88 Å². The highest BCUT2D eigenvalue weighted by atomic mass is 16.5. The van der Waals surface area contributed by atoms with Crippen molar-refractivity contribution >= 4 is 24.0 Å². The maximum Gasteiger partial charge on any atom is 0.325 e. The van der Waals surface area contributed by atoms with Gasteiger partial charge in [0.05, 0.1) is 6.61 Å². The Kier molecular flexibility index (Phi) is 6.44. The molecule has 0 radical (unpaired) electrons. The van der Waals surface area contributed by atoms with Crippen molar-refractivity contribution in [3.8, 4) is 11.8 Å². The lowest BCUT2D eigenvalue weighted by molar-refractivity contribution is -0.145. The zero-order chi connectivity index (χ0) is 17.6. The normalized spacial score (nSPS) is 10.4. The number of aromatic nitrogens is 1. The fraction of sp³-hybridized carbons (Fsp3) is 0.375. The highest BCUT2D eigenvalue weighted by Gasteiger charge is 2.20. The Labute approximate surface area is 134 Å². The van der Waals surface area contributed by atoms with Crippen LogP contribution in [-0.4, -0.2) is 39.8 Å². The first kappa shape index (κ1) is 18.3. The molecule has 0 spiro atoms. The number of hydrogen-bond acceptors (Lipinski definition) is 5. The van der Waals surface area contributed by atoms with E-state index in [1.807, 2.05) is 13.8 Å². The van der Waals surface area contributed by atoms with Gasteiger partial charge in [-0.25, -0.2) is 0 Å². The summed E-state index contributed by atoms with van der Waals surface area (Å²) in [5.74, 6) is -1.50. The summed E-state index contributed by atoms with van der Waals surface area (Å²) in [5.41, 5.74) is 0.559. The molecule has 0 saturated carbocycles. The van der Waals surface area contributed by atoms with Crippen molar-refractivity contribution in [2.75, 3.05) is 13.2 Å². The van der Waals surface area contributed by atoms with Crippen LogP contribution in [0.2, 0.25) is 0 Å². The number of aromatic hydroxyl groups is 2. The van der Waals surface area contributed by atoms with Gasteiger partial charge >= 0.3 is 5.97 Å². The van der Waals surface area contributed by atoms with Gasteiger partial charge in [-0.2, -0.15) is 0 Å². The zero-order valence-electron chi connectivity index (χ0n) is 13.3. The van der Waals surface area contributed by atoms with E-state index < -0.39 is 11.9 Å². The van der Waals surface area contributed by atoms with E-state index in [1.54, 1.807) is 0 Å². The number of hydrogen-bond donors (Lipinski definition) is 3. The number of nitrogens with one attached hydrogen (secondary N) is 1. The summed E-state index contributed by atoms with van der Waals surface area (Å²) >= 11 is 0. The molecule has 1 heterocycles. The fourth-order valence-corrected chi connectivity index (χ4v) is 1.87. The first-order valence-electron chi connectivity index (χ1n) is 7.13. The van der Waals surface area contributed by atoms with Crippen molar-refractivity contribution in [3.05, 3.63) is 24.3 Å². The number of carbonyl (C=O) groups excluding carboxylic acids is 2. The molecule has 0 aliphatic heterocycles. The maximum absolute atomic E-state index is 11.8. The monoisotopic (exact) mass is 322 g/mol. The third-order valence-corrected chi connectivity index (χ3v) is 3.00. The number of esters is 1. The van der Waals surface area contributed by atoms with E-state index in [0.29, 0.717) is 0 Å². The van der Waals surface area contributed by atoms with Crippen LogP contribution in [-0.2, 0) is 20.9 Å². The highest BCUT2D eigenvalue weighted by molar-refractivity contribution is 5.83. The molecule has 0 bridgehead atoms. The van der Waals surface area contributed by atoms with Gasteiger partial charge < -0.3 is 20.3 Å². The van der Waals surface area contributed by atoms with E-state index in [4.69, 9.17) is 4.74 Å². The molecule has 0 atom stereocenters. The standard InChI is InChI=1S/C16H22N2O5/c1-5-11-12(6-2)16(22)18(15(11)21)8-13(19)17-7-14(20)23-9-10(3)4/h5-6,10,21-22H,1-2,7-9H2,3-4H3,(H,17,19). The number of amides is 1. The van der Waals surface area contributed by atoms with Crippen LogP contribution in [0.1, 0.15) is 25.0 Å². The predicted molar refractivity (Wildman–Crippen MR) is 86.8 cm³/mol. The molecule has 0 aliphatic carbocycles. The summed E-state index contributed by atoms with van der Waals surface area (Å²) in [7, 11) is 0. The Hall–Kier alpha value is -2.70. The Bertz CT molecular complexity index is 585. The second kappa shape index (κ2) is 8.07. The van der Waals surface area contributed by atoms with Gasteiger partial charge in [0.2, 0.25) is 17.7 Å². The quantitative estimate of drug-likeness (QED) is 0.630. The molecule has 0 aromatic carbocycles. The van der Waals surface area contributed by atoms with E-state index in [0.717, 1.165) is 4.57 Å². The van der Waals surface area contributed by atoms with Crippen molar-refractivity contribution in [2.24, 2.45) is 5.92 Å². The summed E-state index contributed by atoms with van der Waals surface area (Å²) in [4.78, 5) is 23.3. The number of ether oxygens (including phenoxy) is 1. The van der Waals surface area contributed by atoms with E-state index in [-0.39, 0.29) is 48.5 Å². The summed E-state index contributed by atoms with van der Waals surface area (Å²) in [6.07, 6.45) is 2.70. The number of rotatable bonds is 8. The highest BCUT2D eigenvalue weighted by Crippen LogP contribution is 2.35. The fourth-order valence-electron chi connectivity index (χ4n) is 1.87. The molecule has 3 N–H and O–H groups in total. The maximum atomic E-state index is 11.8. The van der Waals surface area contributed by atoms with Crippen LogP contribution in [0.5, 0.6) is 11.8 Å². The van der Waals surface area contributed by atoms with E-state index >= 15 is 0 Å². The van der Waals surface area contributed by atoms with Gasteiger partial charge in [-0.3, -0.25) is 14.2 Å². The van der Waals surface area contributed by atoms with Crippen LogP contribution in [0.15, 0.2) is 13.2 Å².